The molecule has 6 heteroatoms. The number of aliphatic hydroxyl groups is 4. The van der Waals surface area contributed by atoms with Crippen LogP contribution < -0.4 is 0 Å². The lowest BCUT2D eigenvalue weighted by molar-refractivity contribution is -0.142. The average molecular weight is 234 g/mol. The summed E-state index contributed by atoms with van der Waals surface area (Å²) in [6.45, 7) is 0.377. The Balaban J connectivity index is 3.98. The topological polar surface area (TPSA) is 107 Å². The molecule has 4 N–H and O–H groups in total. The Kier molecular flexibility index (Phi) is 7.74. The van der Waals surface area contributed by atoms with Crippen molar-refractivity contribution in [1.82, 2.24) is 0 Å². The maximum atomic E-state index is 11.2. The van der Waals surface area contributed by atoms with Gasteiger partial charge in [-0.25, -0.2) is 4.79 Å². The fraction of sp³-hybridized carbons (Fsp3) is 0.700. The molecular weight excluding hydrogens is 216 g/mol. The second-order valence-corrected chi connectivity index (χ2v) is 3.39. The summed E-state index contributed by atoms with van der Waals surface area (Å²) in [5.74, 6) is -0.627. The number of rotatable bonds is 7. The van der Waals surface area contributed by atoms with Gasteiger partial charge in [-0.3, -0.25) is 0 Å². The first-order valence-electron chi connectivity index (χ1n) is 4.93. The van der Waals surface area contributed by atoms with Gasteiger partial charge in [-0.1, -0.05) is 6.08 Å². The summed E-state index contributed by atoms with van der Waals surface area (Å²) in [4.78, 5) is 11.2. The van der Waals surface area contributed by atoms with Gasteiger partial charge >= 0.3 is 5.97 Å². The summed E-state index contributed by atoms with van der Waals surface area (Å²) in [5, 5.41) is 35.0. The summed E-state index contributed by atoms with van der Waals surface area (Å²) in [5.41, 5.74) is 0.276. The van der Waals surface area contributed by atoms with Crippen molar-refractivity contribution in [1.29, 1.82) is 0 Å². The van der Waals surface area contributed by atoms with E-state index in [2.05, 4.69) is 4.74 Å². The van der Waals surface area contributed by atoms with E-state index in [1.54, 1.807) is 0 Å². The number of carbonyl (C=O) groups excluding carboxylic acids is 1. The number of hydrogen-bond acceptors (Lipinski definition) is 6. The summed E-state index contributed by atoms with van der Waals surface area (Å²) < 4.78 is 4.66. The molecule has 0 heterocycles. The third-order valence-corrected chi connectivity index (χ3v) is 1.85. The Morgan fingerprint density at radius 2 is 1.81 bits per heavy atom. The van der Waals surface area contributed by atoms with Crippen LogP contribution in [-0.4, -0.2) is 58.4 Å². The Labute approximate surface area is 93.8 Å². The first kappa shape index (κ1) is 15.0. The Hall–Kier alpha value is -0.950. The van der Waals surface area contributed by atoms with Gasteiger partial charge in [-0.2, -0.15) is 0 Å². The third kappa shape index (κ3) is 6.52. The second kappa shape index (κ2) is 8.23. The van der Waals surface area contributed by atoms with E-state index >= 15 is 0 Å². The molecule has 0 spiro atoms. The van der Waals surface area contributed by atoms with Gasteiger partial charge in [0.25, 0.3) is 0 Å². The van der Waals surface area contributed by atoms with Crippen LogP contribution in [-0.2, 0) is 9.53 Å². The maximum Gasteiger partial charge on any atom is 0.333 e. The van der Waals surface area contributed by atoms with E-state index in [4.69, 9.17) is 20.4 Å². The van der Waals surface area contributed by atoms with Gasteiger partial charge in [0, 0.05) is 5.57 Å². The van der Waals surface area contributed by atoms with Gasteiger partial charge in [-0.15, -0.1) is 0 Å². The average Bonchev–Trinajstić information content (AvgIpc) is 2.31. The minimum Gasteiger partial charge on any atom is -0.459 e. The molecule has 6 nitrogen and oxygen atoms in total. The van der Waals surface area contributed by atoms with Crippen LogP contribution in [0, 0.1) is 0 Å². The molecule has 0 rings (SSSR count). The lowest BCUT2D eigenvalue weighted by Crippen LogP contribution is -2.22. The van der Waals surface area contributed by atoms with Crippen LogP contribution >= 0.6 is 0 Å². The fourth-order valence-corrected chi connectivity index (χ4v) is 0.809. The Morgan fingerprint density at radius 3 is 2.31 bits per heavy atom. The standard InChI is InChI=1S/C10H18O6/c1-7(2-3-8(13)4-11)10(15)16-6-9(14)5-12/h2,8-9,11-14H,3-6H2,1H3. The zero-order valence-corrected chi connectivity index (χ0v) is 9.17. The first-order chi connectivity index (χ1) is 7.51. The Morgan fingerprint density at radius 1 is 1.25 bits per heavy atom. The van der Waals surface area contributed by atoms with Gasteiger partial charge < -0.3 is 25.2 Å². The van der Waals surface area contributed by atoms with Crippen LogP contribution in [0.1, 0.15) is 13.3 Å². The molecule has 0 aliphatic rings. The molecule has 0 aromatic carbocycles. The van der Waals surface area contributed by atoms with Crippen LogP contribution in [0.5, 0.6) is 0 Å². The van der Waals surface area contributed by atoms with Crippen LogP contribution in [0.3, 0.4) is 0 Å². The van der Waals surface area contributed by atoms with E-state index in [0.29, 0.717) is 0 Å². The molecule has 0 saturated carbocycles. The molecule has 2 unspecified atom stereocenters. The third-order valence-electron chi connectivity index (χ3n) is 1.85. The quantitative estimate of drug-likeness (QED) is 0.318. The highest BCUT2D eigenvalue weighted by Crippen LogP contribution is 2.02. The molecule has 2 atom stereocenters. The van der Waals surface area contributed by atoms with Crippen molar-refractivity contribution < 1.29 is 30.0 Å². The Bertz CT molecular complexity index is 237. The summed E-state index contributed by atoms with van der Waals surface area (Å²) >= 11 is 0. The molecule has 0 aliphatic carbocycles. The molecule has 0 bridgehead atoms. The minimum atomic E-state index is -1.08. The summed E-state index contributed by atoms with van der Waals surface area (Å²) in [6.07, 6.45) is -0.389. The van der Waals surface area contributed by atoms with Crippen molar-refractivity contribution in [2.75, 3.05) is 19.8 Å². The number of carbonyl (C=O) groups is 1. The molecule has 0 aliphatic heterocycles. The zero-order valence-electron chi connectivity index (χ0n) is 9.17. The van der Waals surface area contributed by atoms with Crippen molar-refractivity contribution in [2.24, 2.45) is 0 Å². The van der Waals surface area contributed by atoms with Gasteiger partial charge in [0.1, 0.15) is 12.7 Å². The van der Waals surface area contributed by atoms with Crippen LogP contribution in [0.2, 0.25) is 0 Å². The van der Waals surface area contributed by atoms with Gasteiger partial charge in [0.05, 0.1) is 19.3 Å². The molecule has 0 saturated heterocycles. The van der Waals surface area contributed by atoms with Crippen LogP contribution in [0.4, 0.5) is 0 Å². The van der Waals surface area contributed by atoms with Gasteiger partial charge in [0.15, 0.2) is 0 Å². The van der Waals surface area contributed by atoms with Crippen molar-refractivity contribution in [3.8, 4) is 0 Å². The SMILES string of the molecule is CC(=CCC(O)CO)C(=O)OCC(O)CO. The zero-order chi connectivity index (χ0) is 12.6. The van der Waals surface area contributed by atoms with Crippen LogP contribution in [0.25, 0.3) is 0 Å². The molecule has 0 aromatic rings. The van der Waals surface area contributed by atoms with E-state index in [1.807, 2.05) is 0 Å². The van der Waals surface area contributed by atoms with Crippen molar-refractivity contribution in [3.63, 3.8) is 0 Å². The predicted octanol–water partition coefficient (Wildman–Crippen LogP) is -1.43. The molecule has 94 valence electrons. The molecule has 0 amide bonds. The smallest absolute Gasteiger partial charge is 0.333 e. The van der Waals surface area contributed by atoms with E-state index in [0.717, 1.165) is 0 Å². The first-order valence-corrected chi connectivity index (χ1v) is 4.93. The monoisotopic (exact) mass is 234 g/mol. The number of aliphatic hydroxyl groups excluding tert-OH is 4. The summed E-state index contributed by atoms with van der Waals surface area (Å²) in [7, 11) is 0. The lowest BCUT2D eigenvalue weighted by atomic mass is 10.2. The molecule has 0 fully saturated rings. The lowest BCUT2D eigenvalue weighted by Gasteiger charge is -2.09. The van der Waals surface area contributed by atoms with Gasteiger partial charge in [0.2, 0.25) is 0 Å². The van der Waals surface area contributed by atoms with Crippen molar-refractivity contribution >= 4 is 5.97 Å². The van der Waals surface area contributed by atoms with E-state index in [9.17, 15) is 4.79 Å². The van der Waals surface area contributed by atoms with E-state index < -0.39 is 24.8 Å². The summed E-state index contributed by atoms with van der Waals surface area (Å²) in [6, 6.07) is 0. The van der Waals surface area contributed by atoms with E-state index in [1.165, 1.54) is 13.0 Å². The maximum absolute atomic E-state index is 11.2. The van der Waals surface area contributed by atoms with E-state index in [-0.39, 0.29) is 25.2 Å². The highest BCUT2D eigenvalue weighted by atomic mass is 16.5. The minimum absolute atomic E-state index is 0.153. The van der Waals surface area contributed by atoms with Crippen molar-refractivity contribution in [3.05, 3.63) is 11.6 Å². The van der Waals surface area contributed by atoms with Gasteiger partial charge in [-0.05, 0) is 13.3 Å². The van der Waals surface area contributed by atoms with Crippen LogP contribution in [0.15, 0.2) is 11.6 Å². The van der Waals surface area contributed by atoms with Crippen molar-refractivity contribution in [2.45, 2.75) is 25.6 Å². The number of hydrogen-bond donors (Lipinski definition) is 4. The largest absolute Gasteiger partial charge is 0.459 e. The number of ether oxygens (including phenoxy) is 1. The predicted molar refractivity (Wildman–Crippen MR) is 55.5 cm³/mol. The molecule has 16 heavy (non-hydrogen) atoms. The molecule has 0 radical (unpaired) electrons. The fourth-order valence-electron chi connectivity index (χ4n) is 0.809. The highest BCUT2D eigenvalue weighted by molar-refractivity contribution is 5.87. The molecule has 0 aromatic heterocycles. The number of esters is 1. The second-order valence-electron chi connectivity index (χ2n) is 3.39. The molecular formula is C10H18O6. The normalized spacial score (nSPS) is 15.7. The highest BCUT2D eigenvalue weighted by Gasteiger charge is 2.10.